The maximum atomic E-state index is 11.6. The summed E-state index contributed by atoms with van der Waals surface area (Å²) in [5.74, 6) is -0.747. The van der Waals surface area contributed by atoms with E-state index in [1.807, 2.05) is 36.4 Å². The lowest BCUT2D eigenvalue weighted by atomic mass is 9.97. The summed E-state index contributed by atoms with van der Waals surface area (Å²) in [6.45, 7) is 0.783. The number of aliphatic carboxylic acids is 1. The Balaban J connectivity index is 2.08. The van der Waals surface area contributed by atoms with Crippen molar-refractivity contribution in [2.75, 3.05) is 6.54 Å². The fraction of sp³-hybridized carbons (Fsp3) is 0.294. The molecule has 0 aliphatic carbocycles. The molecule has 1 aromatic heterocycles. The van der Waals surface area contributed by atoms with Crippen molar-refractivity contribution >= 4 is 21.9 Å². The molecule has 0 radical (unpaired) electrons. The van der Waals surface area contributed by atoms with Gasteiger partial charge in [-0.15, -0.1) is 0 Å². The smallest absolute Gasteiger partial charge is 0.320 e. The quantitative estimate of drug-likeness (QED) is 0.906. The second-order valence-corrected chi connectivity index (χ2v) is 6.29. The van der Waals surface area contributed by atoms with Crippen LogP contribution in [0.3, 0.4) is 0 Å². The van der Waals surface area contributed by atoms with Crippen LogP contribution in [0.15, 0.2) is 53.3 Å². The van der Waals surface area contributed by atoms with Crippen LogP contribution in [0.25, 0.3) is 0 Å². The molecule has 0 spiro atoms. The molecule has 1 N–H and O–H groups in total. The van der Waals surface area contributed by atoms with Crippen LogP contribution in [0.5, 0.6) is 0 Å². The zero-order valence-corrected chi connectivity index (χ0v) is 13.6. The van der Waals surface area contributed by atoms with Crippen LogP contribution >= 0.6 is 15.9 Å². The Bertz CT molecular complexity index is 663. The first kappa shape index (κ1) is 15.2. The van der Waals surface area contributed by atoms with Gasteiger partial charge in [-0.1, -0.05) is 34.1 Å². The Kier molecular flexibility index (Phi) is 4.55. The number of rotatable bonds is 4. The summed E-state index contributed by atoms with van der Waals surface area (Å²) in [4.78, 5) is 17.8. The summed E-state index contributed by atoms with van der Waals surface area (Å²) in [6.07, 6.45) is 5.11. The maximum Gasteiger partial charge on any atom is 0.320 e. The van der Waals surface area contributed by atoms with Gasteiger partial charge in [-0.25, -0.2) is 0 Å². The molecule has 5 heteroatoms. The zero-order chi connectivity index (χ0) is 15.5. The van der Waals surface area contributed by atoms with Crippen LogP contribution in [0, 0.1) is 0 Å². The van der Waals surface area contributed by atoms with Crippen molar-refractivity contribution < 1.29 is 9.90 Å². The summed E-state index contributed by atoms with van der Waals surface area (Å²) < 4.78 is 0.993. The Morgan fingerprint density at radius 3 is 2.68 bits per heavy atom. The molecule has 2 heterocycles. The summed E-state index contributed by atoms with van der Waals surface area (Å²) in [5, 5.41) is 9.53. The molecule has 1 aliphatic rings. The van der Waals surface area contributed by atoms with Crippen LogP contribution in [0.1, 0.15) is 30.0 Å². The van der Waals surface area contributed by atoms with Crippen LogP contribution in [-0.2, 0) is 4.79 Å². The average Bonchev–Trinajstić information content (AvgIpc) is 3.00. The number of carboxylic acid groups (broad SMARTS) is 1. The number of carbonyl (C=O) groups is 1. The van der Waals surface area contributed by atoms with Gasteiger partial charge in [0.15, 0.2) is 0 Å². The van der Waals surface area contributed by atoms with Gasteiger partial charge in [-0.2, -0.15) is 0 Å². The molecule has 0 saturated carbocycles. The van der Waals surface area contributed by atoms with Crippen molar-refractivity contribution in [1.29, 1.82) is 0 Å². The van der Waals surface area contributed by atoms with Gasteiger partial charge in [0.25, 0.3) is 0 Å². The number of pyridine rings is 1. The van der Waals surface area contributed by atoms with Gasteiger partial charge in [-0.3, -0.25) is 14.7 Å². The van der Waals surface area contributed by atoms with E-state index in [1.165, 1.54) is 0 Å². The molecule has 4 nitrogen and oxygen atoms in total. The molecule has 1 fully saturated rings. The predicted molar refractivity (Wildman–Crippen MR) is 87.6 cm³/mol. The largest absolute Gasteiger partial charge is 0.480 e. The molecule has 0 bridgehead atoms. The minimum atomic E-state index is -0.747. The van der Waals surface area contributed by atoms with Gasteiger partial charge in [0.05, 0.1) is 6.04 Å². The number of carboxylic acids is 1. The average molecular weight is 361 g/mol. The molecule has 1 aromatic carbocycles. The van der Waals surface area contributed by atoms with E-state index >= 15 is 0 Å². The van der Waals surface area contributed by atoms with E-state index in [2.05, 4.69) is 25.8 Å². The van der Waals surface area contributed by atoms with E-state index < -0.39 is 12.0 Å². The summed E-state index contributed by atoms with van der Waals surface area (Å²) in [6, 6.07) is 11.4. The molecule has 1 aliphatic heterocycles. The van der Waals surface area contributed by atoms with E-state index in [4.69, 9.17) is 0 Å². The lowest BCUT2D eigenvalue weighted by molar-refractivity contribution is -0.142. The molecule has 2 atom stereocenters. The Hall–Kier alpha value is -1.72. The van der Waals surface area contributed by atoms with Crippen molar-refractivity contribution in [2.24, 2.45) is 0 Å². The fourth-order valence-electron chi connectivity index (χ4n) is 3.16. The molecule has 1 saturated heterocycles. The highest BCUT2D eigenvalue weighted by Crippen LogP contribution is 2.37. The number of benzene rings is 1. The lowest BCUT2D eigenvalue weighted by Gasteiger charge is -2.32. The minimum Gasteiger partial charge on any atom is -0.480 e. The molecule has 2 aromatic rings. The van der Waals surface area contributed by atoms with Crippen LogP contribution in [0.4, 0.5) is 0 Å². The van der Waals surface area contributed by atoms with Crippen LogP contribution < -0.4 is 0 Å². The van der Waals surface area contributed by atoms with Gasteiger partial charge < -0.3 is 5.11 Å². The lowest BCUT2D eigenvalue weighted by Crippen LogP contribution is -2.39. The van der Waals surface area contributed by atoms with Crippen LogP contribution in [0.2, 0.25) is 0 Å². The van der Waals surface area contributed by atoms with E-state index in [1.54, 1.807) is 12.4 Å². The van der Waals surface area contributed by atoms with Crippen molar-refractivity contribution in [3.63, 3.8) is 0 Å². The van der Waals surface area contributed by atoms with E-state index in [9.17, 15) is 9.90 Å². The highest BCUT2D eigenvalue weighted by Gasteiger charge is 2.37. The maximum absolute atomic E-state index is 11.6. The van der Waals surface area contributed by atoms with E-state index in [0.717, 1.165) is 28.6 Å². The number of hydrogen-bond acceptors (Lipinski definition) is 3. The van der Waals surface area contributed by atoms with Crippen molar-refractivity contribution in [1.82, 2.24) is 9.88 Å². The SMILES string of the molecule is O=C(O)C1CCCN1C(c1ccncc1)c1ccccc1Br. The van der Waals surface area contributed by atoms with Gasteiger partial charge >= 0.3 is 5.97 Å². The zero-order valence-electron chi connectivity index (χ0n) is 12.0. The number of halogens is 1. The second kappa shape index (κ2) is 6.58. The molecule has 3 rings (SSSR count). The number of aromatic nitrogens is 1. The molecule has 114 valence electrons. The van der Waals surface area contributed by atoms with Gasteiger partial charge in [-0.05, 0) is 42.2 Å². The highest BCUT2D eigenvalue weighted by molar-refractivity contribution is 9.10. The Morgan fingerprint density at radius 2 is 2.00 bits per heavy atom. The number of nitrogens with zero attached hydrogens (tertiary/aromatic N) is 2. The van der Waals surface area contributed by atoms with Crippen LogP contribution in [-0.4, -0.2) is 33.5 Å². The Labute approximate surface area is 137 Å². The molecular weight excluding hydrogens is 344 g/mol. The fourth-order valence-corrected chi connectivity index (χ4v) is 3.66. The molecular formula is C17H17BrN2O2. The third kappa shape index (κ3) is 2.91. The molecule has 22 heavy (non-hydrogen) atoms. The monoisotopic (exact) mass is 360 g/mol. The topological polar surface area (TPSA) is 53.4 Å². The summed E-state index contributed by atoms with van der Waals surface area (Å²) in [5.41, 5.74) is 2.15. The van der Waals surface area contributed by atoms with E-state index in [-0.39, 0.29) is 6.04 Å². The van der Waals surface area contributed by atoms with E-state index in [0.29, 0.717) is 6.42 Å². The van der Waals surface area contributed by atoms with Crippen molar-refractivity contribution in [3.8, 4) is 0 Å². The first-order valence-electron chi connectivity index (χ1n) is 7.31. The summed E-state index contributed by atoms with van der Waals surface area (Å²) in [7, 11) is 0. The predicted octanol–water partition coefficient (Wildman–Crippen LogP) is 3.48. The number of likely N-dealkylation sites (tertiary alicyclic amines) is 1. The molecule has 0 amide bonds. The highest BCUT2D eigenvalue weighted by atomic mass is 79.9. The Morgan fingerprint density at radius 1 is 1.27 bits per heavy atom. The molecule has 2 unspecified atom stereocenters. The summed E-state index contributed by atoms with van der Waals surface area (Å²) >= 11 is 3.61. The van der Waals surface area contributed by atoms with Crippen molar-refractivity contribution in [2.45, 2.75) is 24.9 Å². The second-order valence-electron chi connectivity index (χ2n) is 5.44. The number of hydrogen-bond donors (Lipinski definition) is 1. The third-order valence-electron chi connectivity index (χ3n) is 4.13. The standard InChI is InChI=1S/C17H17BrN2O2/c18-14-5-2-1-4-13(14)16(12-7-9-19-10-8-12)20-11-3-6-15(20)17(21)22/h1-2,4-5,7-10,15-16H,3,6,11H2,(H,21,22). The third-order valence-corrected chi connectivity index (χ3v) is 4.85. The minimum absolute atomic E-state index is 0.0813. The first-order chi connectivity index (χ1) is 10.7. The van der Waals surface area contributed by atoms with Gasteiger partial charge in [0, 0.05) is 23.4 Å². The van der Waals surface area contributed by atoms with Gasteiger partial charge in [0.1, 0.15) is 6.04 Å². The first-order valence-corrected chi connectivity index (χ1v) is 8.10. The normalized spacial score (nSPS) is 20.0. The van der Waals surface area contributed by atoms with Crippen molar-refractivity contribution in [3.05, 3.63) is 64.4 Å². The van der Waals surface area contributed by atoms with Gasteiger partial charge in [0.2, 0.25) is 0 Å².